The van der Waals surface area contributed by atoms with Gasteiger partial charge in [0.2, 0.25) is 0 Å². The Labute approximate surface area is 105 Å². The van der Waals surface area contributed by atoms with Crippen LogP contribution in [0.3, 0.4) is 0 Å². The van der Waals surface area contributed by atoms with Crippen LogP contribution in [0.15, 0.2) is 0 Å². The van der Waals surface area contributed by atoms with E-state index >= 15 is 0 Å². The summed E-state index contributed by atoms with van der Waals surface area (Å²) in [5, 5.41) is 0. The largest absolute Gasteiger partial charge is 0.375 e. The Hall–Kier alpha value is -0.120. The number of ether oxygens (including phenoxy) is 1. The highest BCUT2D eigenvalue weighted by molar-refractivity contribution is 4.96. The molecule has 0 aromatic heterocycles. The fourth-order valence-corrected chi connectivity index (χ4v) is 3.33. The van der Waals surface area contributed by atoms with Crippen molar-refractivity contribution in [3.63, 3.8) is 0 Å². The summed E-state index contributed by atoms with van der Waals surface area (Å²) in [6.45, 7) is 5.52. The predicted octanol–water partition coefficient (Wildman–Crippen LogP) is 2.60. The first-order valence-electron chi connectivity index (χ1n) is 7.29. The maximum absolute atomic E-state index is 5.99. The predicted molar refractivity (Wildman–Crippen MR) is 70.4 cm³/mol. The molecule has 0 aromatic carbocycles. The number of hydrogen-bond donors (Lipinski definition) is 2. The molecule has 17 heavy (non-hydrogen) atoms. The molecule has 0 radical (unpaired) electrons. The quantitative estimate of drug-likeness (QED) is 0.573. The molecule has 1 spiro atoms. The van der Waals surface area contributed by atoms with E-state index in [4.69, 9.17) is 10.6 Å². The van der Waals surface area contributed by atoms with E-state index in [1.54, 1.807) is 0 Å². The van der Waals surface area contributed by atoms with Crippen molar-refractivity contribution in [1.29, 1.82) is 0 Å². The van der Waals surface area contributed by atoms with Crippen molar-refractivity contribution in [2.75, 3.05) is 6.61 Å². The molecule has 3 heteroatoms. The van der Waals surface area contributed by atoms with Gasteiger partial charge >= 0.3 is 0 Å². The molecular formula is C14H28N2O. The summed E-state index contributed by atoms with van der Waals surface area (Å²) in [4.78, 5) is 0. The Morgan fingerprint density at radius 1 is 1.47 bits per heavy atom. The Kier molecular flexibility index (Phi) is 4.45. The van der Waals surface area contributed by atoms with Crippen molar-refractivity contribution in [1.82, 2.24) is 5.43 Å². The molecule has 3 unspecified atom stereocenters. The third kappa shape index (κ3) is 3.01. The molecule has 3 nitrogen and oxygen atoms in total. The zero-order valence-corrected chi connectivity index (χ0v) is 11.4. The van der Waals surface area contributed by atoms with E-state index in [0.29, 0.717) is 12.0 Å². The molecule has 100 valence electrons. The first-order chi connectivity index (χ1) is 8.19. The Balaban J connectivity index is 1.89. The minimum absolute atomic E-state index is 0.244. The maximum atomic E-state index is 5.99. The smallest absolute Gasteiger partial charge is 0.0685 e. The lowest BCUT2D eigenvalue weighted by Crippen LogP contribution is -2.51. The molecule has 2 aliphatic rings. The monoisotopic (exact) mass is 240 g/mol. The molecule has 3 atom stereocenters. The Morgan fingerprint density at radius 3 is 2.76 bits per heavy atom. The second-order valence-electron chi connectivity index (χ2n) is 6.16. The van der Waals surface area contributed by atoms with Gasteiger partial charge in [-0.2, -0.15) is 0 Å². The van der Waals surface area contributed by atoms with E-state index in [1.807, 2.05) is 0 Å². The average molecular weight is 240 g/mol. The van der Waals surface area contributed by atoms with Crippen molar-refractivity contribution in [3.05, 3.63) is 0 Å². The van der Waals surface area contributed by atoms with E-state index in [2.05, 4.69) is 19.3 Å². The van der Waals surface area contributed by atoms with Gasteiger partial charge in [0, 0.05) is 12.6 Å². The number of hydrogen-bond acceptors (Lipinski definition) is 3. The van der Waals surface area contributed by atoms with Crippen LogP contribution in [0.2, 0.25) is 0 Å². The van der Waals surface area contributed by atoms with E-state index < -0.39 is 0 Å². The van der Waals surface area contributed by atoms with Crippen LogP contribution in [-0.2, 0) is 4.74 Å². The van der Waals surface area contributed by atoms with Crippen molar-refractivity contribution in [2.45, 2.75) is 70.4 Å². The Morgan fingerprint density at radius 2 is 2.24 bits per heavy atom. The van der Waals surface area contributed by atoms with Crippen molar-refractivity contribution in [2.24, 2.45) is 17.7 Å². The zero-order chi connectivity index (χ0) is 12.3. The molecule has 2 rings (SSSR count). The van der Waals surface area contributed by atoms with Gasteiger partial charge in [0.1, 0.15) is 0 Å². The van der Waals surface area contributed by atoms with E-state index in [9.17, 15) is 0 Å². The highest BCUT2D eigenvalue weighted by atomic mass is 16.5. The van der Waals surface area contributed by atoms with Crippen LogP contribution < -0.4 is 11.3 Å². The van der Waals surface area contributed by atoms with Crippen molar-refractivity contribution in [3.8, 4) is 0 Å². The van der Waals surface area contributed by atoms with Gasteiger partial charge in [0.05, 0.1) is 5.60 Å². The van der Waals surface area contributed by atoms with Crippen LogP contribution in [0.25, 0.3) is 0 Å². The van der Waals surface area contributed by atoms with Gasteiger partial charge in [0.15, 0.2) is 0 Å². The summed E-state index contributed by atoms with van der Waals surface area (Å²) in [6, 6.07) is 0.478. The number of hydrazine groups is 1. The van der Waals surface area contributed by atoms with E-state index in [0.717, 1.165) is 12.5 Å². The zero-order valence-electron chi connectivity index (χ0n) is 11.4. The van der Waals surface area contributed by atoms with Crippen LogP contribution >= 0.6 is 0 Å². The molecule has 1 aliphatic heterocycles. The van der Waals surface area contributed by atoms with Crippen LogP contribution in [-0.4, -0.2) is 18.2 Å². The van der Waals surface area contributed by atoms with Gasteiger partial charge < -0.3 is 4.74 Å². The van der Waals surface area contributed by atoms with Gasteiger partial charge in [-0.15, -0.1) is 0 Å². The lowest BCUT2D eigenvalue weighted by atomic mass is 9.69. The van der Waals surface area contributed by atoms with Crippen LogP contribution in [0.1, 0.15) is 58.8 Å². The van der Waals surface area contributed by atoms with Gasteiger partial charge in [0.25, 0.3) is 0 Å². The third-order valence-electron chi connectivity index (χ3n) is 4.93. The van der Waals surface area contributed by atoms with Gasteiger partial charge in [-0.25, -0.2) is 0 Å². The van der Waals surface area contributed by atoms with Crippen molar-refractivity contribution >= 4 is 0 Å². The summed E-state index contributed by atoms with van der Waals surface area (Å²) in [5.74, 6) is 7.24. The highest BCUT2D eigenvalue weighted by Crippen LogP contribution is 2.45. The first kappa shape index (κ1) is 13.3. The van der Waals surface area contributed by atoms with Gasteiger partial charge in [-0.1, -0.05) is 20.3 Å². The molecule has 2 fully saturated rings. The molecule has 1 saturated carbocycles. The third-order valence-corrected chi connectivity index (χ3v) is 4.93. The second-order valence-corrected chi connectivity index (χ2v) is 6.16. The number of rotatable bonds is 5. The Bertz CT molecular complexity index is 240. The summed E-state index contributed by atoms with van der Waals surface area (Å²) in [7, 11) is 0. The van der Waals surface area contributed by atoms with Gasteiger partial charge in [-0.05, 0) is 50.4 Å². The van der Waals surface area contributed by atoms with Gasteiger partial charge in [-0.3, -0.25) is 11.3 Å². The fraction of sp³-hybridized carbons (Fsp3) is 1.00. The fourth-order valence-electron chi connectivity index (χ4n) is 3.33. The first-order valence-corrected chi connectivity index (χ1v) is 7.29. The molecule has 1 heterocycles. The molecule has 0 amide bonds. The molecule has 0 aromatic rings. The molecule has 3 N–H and O–H groups in total. The van der Waals surface area contributed by atoms with E-state index in [1.165, 1.54) is 44.9 Å². The standard InChI is InChI=1S/C14H28N2O/c1-3-11(2)9-13(16-15)12-5-8-17-14(10-12)6-4-7-14/h11-13,16H,3-10,15H2,1-2H3. The van der Waals surface area contributed by atoms with Crippen LogP contribution in [0, 0.1) is 11.8 Å². The van der Waals surface area contributed by atoms with Crippen molar-refractivity contribution < 1.29 is 4.74 Å². The highest BCUT2D eigenvalue weighted by Gasteiger charge is 2.44. The normalized spacial score (nSPS) is 30.9. The molecule has 0 bridgehead atoms. The minimum Gasteiger partial charge on any atom is -0.375 e. The maximum Gasteiger partial charge on any atom is 0.0685 e. The van der Waals surface area contributed by atoms with Crippen LogP contribution in [0.5, 0.6) is 0 Å². The molecular weight excluding hydrogens is 212 g/mol. The number of nitrogens with one attached hydrogen (secondary N) is 1. The lowest BCUT2D eigenvalue weighted by molar-refractivity contribution is -0.147. The van der Waals surface area contributed by atoms with E-state index in [-0.39, 0.29) is 5.60 Å². The summed E-state index contributed by atoms with van der Waals surface area (Å²) in [6.07, 6.45) is 8.72. The summed E-state index contributed by atoms with van der Waals surface area (Å²) in [5.41, 5.74) is 3.31. The average Bonchev–Trinajstić information content (AvgIpc) is 2.33. The summed E-state index contributed by atoms with van der Waals surface area (Å²) < 4.78 is 5.99. The number of nitrogens with two attached hydrogens (primary N) is 1. The summed E-state index contributed by atoms with van der Waals surface area (Å²) >= 11 is 0. The topological polar surface area (TPSA) is 47.3 Å². The van der Waals surface area contributed by atoms with Crippen LogP contribution in [0.4, 0.5) is 0 Å². The lowest BCUT2D eigenvalue weighted by Gasteiger charge is -2.49. The SMILES string of the molecule is CCC(C)CC(NN)C1CCOC2(CCC2)C1. The molecule has 1 aliphatic carbocycles. The molecule has 1 saturated heterocycles. The minimum atomic E-state index is 0.244. The second kappa shape index (κ2) is 5.68.